The Morgan fingerprint density at radius 3 is 1.87 bits per heavy atom. The van der Waals surface area contributed by atoms with Gasteiger partial charge in [0.2, 0.25) is 6.10 Å². The summed E-state index contributed by atoms with van der Waals surface area (Å²) in [6.07, 6.45) is -2.31. The predicted octanol–water partition coefficient (Wildman–Crippen LogP) is -1.14. The first kappa shape index (κ1) is 14.2. The second kappa shape index (κ2) is 5.34. The molecular formula is C8H15O6S+. The van der Waals surface area contributed by atoms with E-state index in [0.29, 0.717) is 11.5 Å². The molecule has 2 atom stereocenters. The lowest BCUT2D eigenvalue weighted by atomic mass is 10.2. The van der Waals surface area contributed by atoms with Crippen molar-refractivity contribution < 1.29 is 30.0 Å². The molecule has 0 aromatic heterocycles. The predicted molar refractivity (Wildman–Crippen MR) is 54.7 cm³/mol. The molecule has 0 bridgehead atoms. The van der Waals surface area contributed by atoms with Gasteiger partial charge in [0, 0.05) is 10.9 Å². The number of carboxylic acids is 2. The number of carbonyl (C=O) groups is 2. The van der Waals surface area contributed by atoms with E-state index in [-0.39, 0.29) is 0 Å². The Hall–Kier alpha value is -0.790. The standard InChI is InChI=1S/C8H14O6S/c1-3-15(4-2)8(14,7(12)13)5(9)6(10)11/h5,9,14H,3-4H2,1-2H3,(H-,10,11,12,13)/p+1. The van der Waals surface area contributed by atoms with Crippen LogP contribution in [0.25, 0.3) is 0 Å². The van der Waals surface area contributed by atoms with Crippen molar-refractivity contribution in [3.8, 4) is 0 Å². The Morgan fingerprint density at radius 1 is 1.27 bits per heavy atom. The summed E-state index contributed by atoms with van der Waals surface area (Å²) in [4.78, 5) is 18.8. The molecule has 0 aromatic carbocycles. The van der Waals surface area contributed by atoms with Gasteiger partial charge in [0.1, 0.15) is 11.5 Å². The van der Waals surface area contributed by atoms with Crippen molar-refractivity contribution in [1.29, 1.82) is 0 Å². The van der Waals surface area contributed by atoms with E-state index in [9.17, 15) is 19.8 Å². The highest BCUT2D eigenvalue weighted by Crippen LogP contribution is 2.23. The fourth-order valence-corrected chi connectivity index (χ4v) is 3.16. The van der Waals surface area contributed by atoms with Crippen LogP contribution in [0.15, 0.2) is 0 Å². The number of aliphatic carboxylic acids is 2. The molecule has 0 aliphatic heterocycles. The van der Waals surface area contributed by atoms with Crippen LogP contribution in [0.4, 0.5) is 0 Å². The van der Waals surface area contributed by atoms with Crippen LogP contribution in [0.1, 0.15) is 13.8 Å². The molecule has 0 saturated heterocycles. The summed E-state index contributed by atoms with van der Waals surface area (Å²) >= 11 is 0. The molecule has 0 aromatic rings. The maximum Gasteiger partial charge on any atom is 0.393 e. The van der Waals surface area contributed by atoms with Gasteiger partial charge in [-0.25, -0.2) is 9.59 Å². The Labute approximate surface area is 89.9 Å². The number of aliphatic hydroxyl groups excluding tert-OH is 1. The first-order valence-electron chi connectivity index (χ1n) is 4.36. The normalized spacial score (nSPS) is 17.1. The molecule has 88 valence electrons. The summed E-state index contributed by atoms with van der Waals surface area (Å²) in [5.74, 6) is -2.85. The van der Waals surface area contributed by atoms with Gasteiger partial charge < -0.3 is 20.4 Å². The van der Waals surface area contributed by atoms with Crippen LogP contribution >= 0.6 is 0 Å². The van der Waals surface area contributed by atoms with E-state index in [4.69, 9.17) is 10.2 Å². The van der Waals surface area contributed by atoms with Crippen molar-refractivity contribution in [1.82, 2.24) is 0 Å². The largest absolute Gasteiger partial charge is 0.479 e. The minimum absolute atomic E-state index is 0.295. The zero-order valence-electron chi connectivity index (χ0n) is 8.51. The fourth-order valence-electron chi connectivity index (χ4n) is 1.21. The molecule has 0 aliphatic rings. The Balaban J connectivity index is 5.21. The lowest BCUT2D eigenvalue weighted by Crippen LogP contribution is -2.59. The van der Waals surface area contributed by atoms with E-state index in [0.717, 1.165) is 0 Å². The average Bonchev–Trinajstić information content (AvgIpc) is 2.17. The maximum atomic E-state index is 10.9. The lowest BCUT2D eigenvalue weighted by Gasteiger charge is -2.24. The maximum absolute atomic E-state index is 10.9. The number of aliphatic hydroxyl groups is 2. The highest BCUT2D eigenvalue weighted by molar-refractivity contribution is 7.98. The summed E-state index contributed by atoms with van der Waals surface area (Å²) in [5, 5.41) is 36.3. The molecule has 4 N–H and O–H groups in total. The van der Waals surface area contributed by atoms with Crippen LogP contribution in [0.2, 0.25) is 0 Å². The van der Waals surface area contributed by atoms with Crippen LogP contribution in [0.3, 0.4) is 0 Å². The van der Waals surface area contributed by atoms with Gasteiger partial charge >= 0.3 is 16.9 Å². The third kappa shape index (κ3) is 2.61. The Morgan fingerprint density at radius 2 is 1.67 bits per heavy atom. The van der Waals surface area contributed by atoms with Gasteiger partial charge in [0.25, 0.3) is 0 Å². The van der Waals surface area contributed by atoms with E-state index in [1.165, 1.54) is 0 Å². The number of hydrogen-bond donors (Lipinski definition) is 4. The number of rotatable bonds is 6. The van der Waals surface area contributed by atoms with Crippen molar-refractivity contribution in [3.05, 3.63) is 0 Å². The molecule has 0 amide bonds. The zero-order chi connectivity index (χ0) is 12.2. The van der Waals surface area contributed by atoms with Gasteiger partial charge in [0.15, 0.2) is 0 Å². The fraction of sp³-hybridized carbons (Fsp3) is 0.750. The van der Waals surface area contributed by atoms with Gasteiger partial charge in [0.05, 0.1) is 0 Å². The van der Waals surface area contributed by atoms with Crippen LogP contribution in [0.5, 0.6) is 0 Å². The highest BCUT2D eigenvalue weighted by Gasteiger charge is 2.60. The molecular weight excluding hydrogens is 224 g/mol. The molecule has 0 spiro atoms. The summed E-state index contributed by atoms with van der Waals surface area (Å²) in [7, 11) is -1.10. The summed E-state index contributed by atoms with van der Waals surface area (Å²) in [6, 6.07) is 0. The second-order valence-electron chi connectivity index (χ2n) is 2.81. The Bertz CT molecular complexity index is 252. The molecule has 0 saturated carbocycles. The van der Waals surface area contributed by atoms with Crippen molar-refractivity contribution >= 4 is 22.8 Å². The van der Waals surface area contributed by atoms with Crippen molar-refractivity contribution in [2.75, 3.05) is 11.5 Å². The number of carboxylic acid groups (broad SMARTS) is 2. The van der Waals surface area contributed by atoms with E-state index in [1.807, 2.05) is 0 Å². The van der Waals surface area contributed by atoms with Gasteiger partial charge in [-0.2, -0.15) is 0 Å². The number of hydrogen-bond acceptors (Lipinski definition) is 4. The Kier molecular flexibility index (Phi) is 5.06. The first-order valence-corrected chi connectivity index (χ1v) is 5.92. The average molecular weight is 239 g/mol. The third-order valence-electron chi connectivity index (χ3n) is 2.05. The van der Waals surface area contributed by atoms with Gasteiger partial charge in [-0.15, -0.1) is 0 Å². The topological polar surface area (TPSA) is 115 Å². The van der Waals surface area contributed by atoms with Crippen LogP contribution in [0, 0.1) is 0 Å². The molecule has 0 aliphatic carbocycles. The molecule has 2 unspecified atom stereocenters. The van der Waals surface area contributed by atoms with E-state index < -0.39 is 33.9 Å². The molecule has 0 heterocycles. The SMILES string of the molecule is CC[S+](CC)C(O)(C(=O)O)C(O)C(=O)O. The molecule has 0 radical (unpaired) electrons. The van der Waals surface area contributed by atoms with Gasteiger partial charge in [-0.3, -0.25) is 0 Å². The summed E-state index contributed by atoms with van der Waals surface area (Å²) < 4.78 is 0. The molecule has 7 heteroatoms. The van der Waals surface area contributed by atoms with Crippen LogP contribution in [-0.4, -0.2) is 54.9 Å². The third-order valence-corrected chi connectivity index (χ3v) is 4.72. The monoisotopic (exact) mass is 239 g/mol. The minimum Gasteiger partial charge on any atom is -0.479 e. The first-order chi connectivity index (χ1) is 6.82. The van der Waals surface area contributed by atoms with Crippen LogP contribution in [-0.2, 0) is 20.5 Å². The zero-order valence-corrected chi connectivity index (χ0v) is 9.32. The van der Waals surface area contributed by atoms with Crippen molar-refractivity contribution in [3.63, 3.8) is 0 Å². The molecule has 0 fully saturated rings. The molecule has 0 rings (SSSR count). The van der Waals surface area contributed by atoms with E-state index in [1.54, 1.807) is 13.8 Å². The smallest absolute Gasteiger partial charge is 0.393 e. The van der Waals surface area contributed by atoms with E-state index in [2.05, 4.69) is 0 Å². The second-order valence-corrected chi connectivity index (χ2v) is 5.58. The highest BCUT2D eigenvalue weighted by atomic mass is 32.2. The quantitative estimate of drug-likeness (QED) is 0.436. The van der Waals surface area contributed by atoms with Crippen molar-refractivity contribution in [2.24, 2.45) is 0 Å². The summed E-state index contributed by atoms with van der Waals surface area (Å²) in [5.41, 5.74) is 0. The van der Waals surface area contributed by atoms with Gasteiger partial charge in [-0.1, -0.05) is 0 Å². The van der Waals surface area contributed by atoms with Crippen LogP contribution < -0.4 is 0 Å². The van der Waals surface area contributed by atoms with E-state index >= 15 is 0 Å². The minimum atomic E-state index is -2.60. The molecule has 6 nitrogen and oxygen atoms in total. The van der Waals surface area contributed by atoms with Crippen molar-refractivity contribution in [2.45, 2.75) is 24.9 Å². The summed E-state index contributed by atoms with van der Waals surface area (Å²) in [6.45, 7) is 3.27. The lowest BCUT2D eigenvalue weighted by molar-refractivity contribution is -0.170. The molecule has 15 heavy (non-hydrogen) atoms. The van der Waals surface area contributed by atoms with Gasteiger partial charge in [-0.05, 0) is 13.8 Å².